The van der Waals surface area contributed by atoms with Crippen LogP contribution in [0.1, 0.15) is 64.5 Å². The van der Waals surface area contributed by atoms with Gasteiger partial charge in [-0.2, -0.15) is 0 Å². The van der Waals surface area contributed by atoms with E-state index in [2.05, 4.69) is 21.3 Å². The van der Waals surface area contributed by atoms with Crippen molar-refractivity contribution in [2.75, 3.05) is 11.9 Å². The number of aliphatic hydroxyl groups is 1. The second kappa shape index (κ2) is 13.9. The molecule has 1 aliphatic heterocycles. The molecule has 5 N–H and O–H groups in total. The first kappa shape index (κ1) is 31.7. The Morgan fingerprint density at radius 1 is 1.02 bits per heavy atom. The molecule has 1 aromatic heterocycles. The number of carbonyl (C=O) groups excluding carboxylic acids is 4. The normalized spacial score (nSPS) is 18.6. The summed E-state index contributed by atoms with van der Waals surface area (Å²) in [6.45, 7) is 5.76. The molecule has 4 unspecified atom stereocenters. The van der Waals surface area contributed by atoms with Gasteiger partial charge < -0.3 is 30.4 Å². The first-order valence-corrected chi connectivity index (χ1v) is 14.7. The number of nitrogens with one attached hydrogen (secondary N) is 4. The SMILES string of the molecule is CC(C)(C)OC(=O)Nc1cccn(C(CC2CC2)C(=O)NC(CC2CCNC2=O)C(O)C(=O)NCc2ccccc2)c1=O. The first-order valence-electron chi connectivity index (χ1n) is 14.7. The van der Waals surface area contributed by atoms with Gasteiger partial charge in [-0.15, -0.1) is 0 Å². The standard InChI is InChI=1S/C31H41N5O7/c1-31(2,3)43-30(42)35-22-10-7-15-36(29(22)41)24(16-19-11-12-19)27(39)34-23(17-21-13-14-32-26(21)38)25(37)28(40)33-18-20-8-5-4-6-9-20/h4-10,15,19,21,23-25,37H,11-14,16-18H2,1-3H3,(H,32,38)(H,33,40)(H,34,39)(H,35,42). The fraction of sp³-hybridized carbons (Fsp3) is 0.516. The Morgan fingerprint density at radius 3 is 2.37 bits per heavy atom. The van der Waals surface area contributed by atoms with E-state index in [0.717, 1.165) is 18.4 Å². The third-order valence-electron chi connectivity index (χ3n) is 7.49. The van der Waals surface area contributed by atoms with E-state index in [-0.39, 0.29) is 30.5 Å². The van der Waals surface area contributed by atoms with E-state index in [1.165, 1.54) is 16.8 Å². The molecule has 12 heteroatoms. The lowest BCUT2D eigenvalue weighted by Crippen LogP contribution is -2.53. The number of amides is 4. The largest absolute Gasteiger partial charge is 0.444 e. The molecule has 1 aliphatic carbocycles. The minimum Gasteiger partial charge on any atom is -0.444 e. The van der Waals surface area contributed by atoms with Gasteiger partial charge in [0.25, 0.3) is 11.5 Å². The van der Waals surface area contributed by atoms with Gasteiger partial charge in [0.15, 0.2) is 6.10 Å². The average Bonchev–Trinajstić information content (AvgIpc) is 3.69. The zero-order chi connectivity index (χ0) is 31.1. The van der Waals surface area contributed by atoms with Gasteiger partial charge in [0.2, 0.25) is 11.8 Å². The second-order valence-corrected chi connectivity index (χ2v) is 12.2. The predicted octanol–water partition coefficient (Wildman–Crippen LogP) is 2.22. The van der Waals surface area contributed by atoms with Crippen molar-refractivity contribution >= 4 is 29.5 Å². The first-order chi connectivity index (χ1) is 20.4. The predicted molar refractivity (Wildman–Crippen MR) is 159 cm³/mol. The lowest BCUT2D eigenvalue weighted by atomic mass is 9.94. The molecule has 4 atom stereocenters. The maximum Gasteiger partial charge on any atom is 0.412 e. The van der Waals surface area contributed by atoms with Gasteiger partial charge in [0.05, 0.1) is 6.04 Å². The quantitative estimate of drug-likeness (QED) is 0.251. The van der Waals surface area contributed by atoms with Crippen LogP contribution < -0.4 is 26.8 Å². The lowest BCUT2D eigenvalue weighted by molar-refractivity contribution is -0.134. The third-order valence-corrected chi connectivity index (χ3v) is 7.49. The van der Waals surface area contributed by atoms with Crippen molar-refractivity contribution in [2.24, 2.45) is 11.8 Å². The highest BCUT2D eigenvalue weighted by Gasteiger charge is 2.37. The summed E-state index contributed by atoms with van der Waals surface area (Å²) in [6.07, 6.45) is 1.75. The van der Waals surface area contributed by atoms with E-state index in [4.69, 9.17) is 4.74 Å². The van der Waals surface area contributed by atoms with Crippen LogP contribution in [0, 0.1) is 11.8 Å². The van der Waals surface area contributed by atoms with Crippen LogP contribution in [0.3, 0.4) is 0 Å². The molecule has 12 nitrogen and oxygen atoms in total. The number of carbonyl (C=O) groups is 4. The summed E-state index contributed by atoms with van der Waals surface area (Å²) in [7, 11) is 0. The fourth-order valence-corrected chi connectivity index (χ4v) is 5.07. The smallest absolute Gasteiger partial charge is 0.412 e. The highest BCUT2D eigenvalue weighted by atomic mass is 16.6. The van der Waals surface area contributed by atoms with Crippen molar-refractivity contribution in [3.63, 3.8) is 0 Å². The van der Waals surface area contributed by atoms with Gasteiger partial charge in [-0.05, 0) is 63.6 Å². The van der Waals surface area contributed by atoms with Crippen LogP contribution in [0.25, 0.3) is 0 Å². The topological polar surface area (TPSA) is 168 Å². The third kappa shape index (κ3) is 9.15. The van der Waals surface area contributed by atoms with Crippen LogP contribution in [0.2, 0.25) is 0 Å². The second-order valence-electron chi connectivity index (χ2n) is 12.2. The minimum absolute atomic E-state index is 0.0444. The number of hydrogen-bond donors (Lipinski definition) is 5. The van der Waals surface area contributed by atoms with E-state index in [1.54, 1.807) is 26.8 Å². The Kier molecular flexibility index (Phi) is 10.2. The summed E-state index contributed by atoms with van der Waals surface area (Å²) in [5.74, 6) is -1.73. The number of pyridine rings is 1. The maximum absolute atomic E-state index is 13.8. The summed E-state index contributed by atoms with van der Waals surface area (Å²) in [6, 6.07) is 10.1. The van der Waals surface area contributed by atoms with E-state index in [1.807, 2.05) is 30.3 Å². The summed E-state index contributed by atoms with van der Waals surface area (Å²) < 4.78 is 6.52. The van der Waals surface area contributed by atoms with Gasteiger partial charge >= 0.3 is 6.09 Å². The number of rotatable bonds is 12. The molecular weight excluding hydrogens is 554 g/mol. The minimum atomic E-state index is -1.64. The van der Waals surface area contributed by atoms with Gasteiger partial charge in [-0.1, -0.05) is 43.2 Å². The van der Waals surface area contributed by atoms with E-state index >= 15 is 0 Å². The number of benzene rings is 1. The van der Waals surface area contributed by atoms with Gasteiger partial charge in [-0.25, -0.2) is 4.79 Å². The van der Waals surface area contributed by atoms with Crippen molar-refractivity contribution in [3.8, 4) is 0 Å². The number of hydrogen-bond acceptors (Lipinski definition) is 7. The van der Waals surface area contributed by atoms with E-state index < -0.39 is 53.2 Å². The van der Waals surface area contributed by atoms with Crippen molar-refractivity contribution in [2.45, 2.75) is 83.2 Å². The van der Waals surface area contributed by atoms with Crippen molar-refractivity contribution < 1.29 is 29.0 Å². The Balaban J connectivity index is 1.54. The highest BCUT2D eigenvalue weighted by molar-refractivity contribution is 5.86. The summed E-state index contributed by atoms with van der Waals surface area (Å²) in [4.78, 5) is 65.0. The Labute approximate surface area is 250 Å². The monoisotopic (exact) mass is 595 g/mol. The fourth-order valence-electron chi connectivity index (χ4n) is 5.07. The van der Waals surface area contributed by atoms with Crippen LogP contribution in [-0.2, 0) is 25.7 Å². The molecule has 1 saturated heterocycles. The van der Waals surface area contributed by atoms with Gasteiger partial charge in [-0.3, -0.25) is 24.5 Å². The Bertz CT molecular complexity index is 1370. The number of nitrogens with zero attached hydrogens (tertiary/aromatic N) is 1. The van der Waals surface area contributed by atoms with E-state index in [9.17, 15) is 29.1 Å². The molecule has 2 aliphatic rings. The molecule has 2 aromatic rings. The number of aromatic nitrogens is 1. The lowest BCUT2D eigenvalue weighted by Gasteiger charge is -2.28. The van der Waals surface area contributed by atoms with Crippen molar-refractivity contribution in [3.05, 3.63) is 64.6 Å². The van der Waals surface area contributed by atoms with E-state index in [0.29, 0.717) is 19.4 Å². The van der Waals surface area contributed by atoms with Crippen molar-refractivity contribution in [1.29, 1.82) is 0 Å². The van der Waals surface area contributed by atoms with Gasteiger partial charge in [0, 0.05) is 25.2 Å². The number of aliphatic hydroxyl groups excluding tert-OH is 1. The van der Waals surface area contributed by atoms with Crippen LogP contribution in [0.15, 0.2) is 53.5 Å². The molecule has 4 rings (SSSR count). The molecule has 2 fully saturated rings. The van der Waals surface area contributed by atoms with Crippen LogP contribution in [0.4, 0.5) is 10.5 Å². The molecule has 0 bridgehead atoms. The molecular formula is C31H41N5O7. The number of anilines is 1. The molecule has 2 heterocycles. The molecule has 43 heavy (non-hydrogen) atoms. The highest BCUT2D eigenvalue weighted by Crippen LogP contribution is 2.37. The number of ether oxygens (including phenoxy) is 1. The summed E-state index contributed by atoms with van der Waals surface area (Å²) in [5.41, 5.74) is -0.583. The summed E-state index contributed by atoms with van der Waals surface area (Å²) in [5, 5.41) is 21.8. The molecule has 1 aromatic carbocycles. The zero-order valence-corrected chi connectivity index (χ0v) is 24.8. The maximum atomic E-state index is 13.8. The molecule has 232 valence electrons. The molecule has 4 amide bonds. The van der Waals surface area contributed by atoms with Crippen LogP contribution in [-0.4, -0.2) is 57.8 Å². The molecule has 1 saturated carbocycles. The average molecular weight is 596 g/mol. The van der Waals surface area contributed by atoms with Gasteiger partial charge in [0.1, 0.15) is 17.3 Å². The van der Waals surface area contributed by atoms with Crippen LogP contribution in [0.5, 0.6) is 0 Å². The van der Waals surface area contributed by atoms with Crippen molar-refractivity contribution in [1.82, 2.24) is 20.5 Å². The Morgan fingerprint density at radius 2 is 1.74 bits per heavy atom. The summed E-state index contributed by atoms with van der Waals surface area (Å²) >= 11 is 0. The van der Waals surface area contributed by atoms with Crippen LogP contribution >= 0.6 is 0 Å². The molecule has 0 radical (unpaired) electrons. The Hall–Kier alpha value is -4.19. The zero-order valence-electron chi connectivity index (χ0n) is 24.8. The molecule has 0 spiro atoms.